The molecule has 8 nitrogen and oxygen atoms in total. The lowest BCUT2D eigenvalue weighted by molar-refractivity contribution is -0.139. The molecule has 3 rings (SSSR count). The molecule has 0 aromatic heterocycles. The topological polar surface area (TPSA) is 96.0 Å². The van der Waals surface area contributed by atoms with E-state index in [9.17, 15) is 18.0 Å². The van der Waals surface area contributed by atoms with Gasteiger partial charge in [-0.05, 0) is 61.0 Å². The number of halogens is 1. The SMILES string of the molecule is CNC(=O)C(C)N(Cc1cccc(Br)c1)C(=O)CN(c1ccccc1)S(=O)(=O)c1ccc(OC)cc1. The molecule has 1 unspecified atom stereocenters. The molecule has 3 aromatic rings. The zero-order valence-electron chi connectivity index (χ0n) is 20.2. The molecule has 36 heavy (non-hydrogen) atoms. The fourth-order valence-electron chi connectivity index (χ4n) is 3.62. The molecule has 3 aromatic carbocycles. The second-order valence-electron chi connectivity index (χ2n) is 7.96. The van der Waals surface area contributed by atoms with E-state index in [2.05, 4.69) is 21.2 Å². The van der Waals surface area contributed by atoms with Gasteiger partial charge < -0.3 is 15.0 Å². The minimum atomic E-state index is -4.12. The van der Waals surface area contributed by atoms with Gasteiger partial charge >= 0.3 is 0 Å². The minimum absolute atomic E-state index is 0.0119. The summed E-state index contributed by atoms with van der Waals surface area (Å²) in [5.41, 5.74) is 1.12. The summed E-state index contributed by atoms with van der Waals surface area (Å²) in [4.78, 5) is 27.5. The van der Waals surface area contributed by atoms with E-state index in [1.165, 1.54) is 31.2 Å². The Balaban J connectivity index is 2.00. The normalized spacial score (nSPS) is 11.9. The molecule has 0 spiro atoms. The van der Waals surface area contributed by atoms with Gasteiger partial charge in [0, 0.05) is 18.1 Å². The van der Waals surface area contributed by atoms with Crippen molar-refractivity contribution in [2.45, 2.75) is 24.4 Å². The Morgan fingerprint density at radius 3 is 2.25 bits per heavy atom. The third-order valence-corrected chi connectivity index (χ3v) is 7.91. The first-order valence-electron chi connectivity index (χ1n) is 11.1. The van der Waals surface area contributed by atoms with Crippen molar-refractivity contribution in [3.63, 3.8) is 0 Å². The van der Waals surface area contributed by atoms with E-state index >= 15 is 0 Å². The molecule has 0 bridgehead atoms. The maximum absolute atomic E-state index is 13.7. The molecule has 0 aliphatic carbocycles. The van der Waals surface area contributed by atoms with Crippen LogP contribution in [0.4, 0.5) is 5.69 Å². The largest absolute Gasteiger partial charge is 0.497 e. The molecule has 1 N–H and O–H groups in total. The van der Waals surface area contributed by atoms with Gasteiger partial charge in [0.05, 0.1) is 17.7 Å². The van der Waals surface area contributed by atoms with Crippen LogP contribution in [0.5, 0.6) is 5.75 Å². The summed E-state index contributed by atoms with van der Waals surface area (Å²) in [6, 6.07) is 20.9. The first kappa shape index (κ1) is 27.2. The summed E-state index contributed by atoms with van der Waals surface area (Å²) in [6.07, 6.45) is 0. The molecule has 0 radical (unpaired) electrons. The fourth-order valence-corrected chi connectivity index (χ4v) is 5.48. The van der Waals surface area contributed by atoms with Crippen LogP contribution in [0.15, 0.2) is 88.2 Å². The molecule has 0 fully saturated rings. The highest BCUT2D eigenvalue weighted by molar-refractivity contribution is 9.10. The molecule has 10 heteroatoms. The quantitative estimate of drug-likeness (QED) is 0.398. The van der Waals surface area contributed by atoms with E-state index in [1.54, 1.807) is 49.4 Å². The Labute approximate surface area is 220 Å². The number of nitrogens with one attached hydrogen (secondary N) is 1. The number of nitrogens with zero attached hydrogens (tertiary/aromatic N) is 2. The molecule has 2 amide bonds. The van der Waals surface area contributed by atoms with Crippen LogP contribution < -0.4 is 14.4 Å². The van der Waals surface area contributed by atoms with Gasteiger partial charge in [-0.3, -0.25) is 13.9 Å². The summed E-state index contributed by atoms with van der Waals surface area (Å²) in [5.74, 6) is -0.370. The Kier molecular flexibility index (Phi) is 9.11. The number of rotatable bonds is 10. The van der Waals surface area contributed by atoms with Crippen LogP contribution in [0.1, 0.15) is 12.5 Å². The number of para-hydroxylation sites is 1. The maximum atomic E-state index is 13.7. The number of benzene rings is 3. The maximum Gasteiger partial charge on any atom is 0.264 e. The average molecular weight is 574 g/mol. The van der Waals surface area contributed by atoms with E-state index in [0.717, 1.165) is 14.3 Å². The van der Waals surface area contributed by atoms with Crippen LogP contribution in [-0.4, -0.2) is 51.9 Å². The summed E-state index contributed by atoms with van der Waals surface area (Å²) < 4.78 is 34.4. The lowest BCUT2D eigenvalue weighted by atomic mass is 10.1. The highest BCUT2D eigenvalue weighted by Gasteiger charge is 2.32. The number of ether oxygens (including phenoxy) is 1. The second-order valence-corrected chi connectivity index (χ2v) is 10.7. The number of amides is 2. The lowest BCUT2D eigenvalue weighted by Crippen LogP contribution is -2.50. The first-order chi connectivity index (χ1) is 17.2. The van der Waals surface area contributed by atoms with Crippen molar-refractivity contribution in [3.8, 4) is 5.75 Å². The van der Waals surface area contributed by atoms with Crippen molar-refractivity contribution >= 4 is 43.5 Å². The van der Waals surface area contributed by atoms with Crippen molar-refractivity contribution < 1.29 is 22.7 Å². The highest BCUT2D eigenvalue weighted by Crippen LogP contribution is 2.26. The van der Waals surface area contributed by atoms with Gasteiger partial charge in [-0.2, -0.15) is 0 Å². The van der Waals surface area contributed by atoms with Crippen LogP contribution in [0, 0.1) is 0 Å². The van der Waals surface area contributed by atoms with Gasteiger partial charge in [0.15, 0.2) is 0 Å². The van der Waals surface area contributed by atoms with Crippen LogP contribution in [0.2, 0.25) is 0 Å². The Hall–Kier alpha value is -3.37. The highest BCUT2D eigenvalue weighted by atomic mass is 79.9. The van der Waals surface area contributed by atoms with Crippen molar-refractivity contribution in [2.75, 3.05) is 25.0 Å². The third-order valence-electron chi connectivity index (χ3n) is 5.63. The van der Waals surface area contributed by atoms with E-state index in [4.69, 9.17) is 4.74 Å². The van der Waals surface area contributed by atoms with Gasteiger partial charge in [-0.1, -0.05) is 46.3 Å². The van der Waals surface area contributed by atoms with E-state index in [1.807, 2.05) is 24.3 Å². The molecule has 1 atom stereocenters. The summed E-state index contributed by atoms with van der Waals surface area (Å²) in [6.45, 7) is 1.24. The van der Waals surface area contributed by atoms with Gasteiger partial charge in [0.2, 0.25) is 11.8 Å². The molecule has 0 aliphatic rings. The van der Waals surface area contributed by atoms with Crippen LogP contribution in [0.25, 0.3) is 0 Å². The zero-order chi connectivity index (χ0) is 26.3. The minimum Gasteiger partial charge on any atom is -0.497 e. The summed E-state index contributed by atoms with van der Waals surface area (Å²) >= 11 is 3.42. The predicted molar refractivity (Wildman–Crippen MR) is 142 cm³/mol. The zero-order valence-corrected chi connectivity index (χ0v) is 22.6. The smallest absolute Gasteiger partial charge is 0.264 e. The summed E-state index contributed by atoms with van der Waals surface area (Å²) in [5, 5.41) is 2.56. The first-order valence-corrected chi connectivity index (χ1v) is 13.4. The Bertz CT molecular complexity index is 1300. The number of methoxy groups -OCH3 is 1. The van der Waals surface area contributed by atoms with Crippen LogP contribution in [0.3, 0.4) is 0 Å². The number of carbonyl (C=O) groups excluding carboxylic acids is 2. The van der Waals surface area contributed by atoms with Gasteiger partial charge in [-0.25, -0.2) is 8.42 Å². The third kappa shape index (κ3) is 6.44. The Morgan fingerprint density at radius 1 is 1.00 bits per heavy atom. The monoisotopic (exact) mass is 573 g/mol. The molecular weight excluding hydrogens is 546 g/mol. The molecule has 0 saturated heterocycles. The van der Waals surface area contributed by atoms with E-state index < -0.39 is 28.5 Å². The van der Waals surface area contributed by atoms with Gasteiger partial charge in [-0.15, -0.1) is 0 Å². The van der Waals surface area contributed by atoms with E-state index in [-0.39, 0.29) is 17.3 Å². The molecule has 190 valence electrons. The molecule has 0 saturated carbocycles. The van der Waals surface area contributed by atoms with Crippen molar-refractivity contribution in [3.05, 3.63) is 88.9 Å². The predicted octanol–water partition coefficient (Wildman–Crippen LogP) is 3.82. The molecule has 0 aliphatic heterocycles. The average Bonchev–Trinajstić information content (AvgIpc) is 2.89. The standard InChI is InChI=1S/C26H28BrN3O5S/c1-19(26(32)28-2)29(17-20-8-7-9-21(27)16-20)25(31)18-30(22-10-5-4-6-11-22)36(33,34)24-14-12-23(35-3)13-15-24/h4-16,19H,17-18H2,1-3H3,(H,28,32). The Morgan fingerprint density at radius 2 is 1.67 bits per heavy atom. The number of hydrogen-bond acceptors (Lipinski definition) is 5. The number of anilines is 1. The van der Waals surface area contributed by atoms with Gasteiger partial charge in [0.1, 0.15) is 18.3 Å². The van der Waals surface area contributed by atoms with Crippen molar-refractivity contribution in [2.24, 2.45) is 0 Å². The molecular formula is C26H28BrN3O5S. The van der Waals surface area contributed by atoms with Crippen molar-refractivity contribution in [1.82, 2.24) is 10.2 Å². The second kappa shape index (κ2) is 12.0. The van der Waals surface area contributed by atoms with Crippen molar-refractivity contribution in [1.29, 1.82) is 0 Å². The van der Waals surface area contributed by atoms with Gasteiger partial charge in [0.25, 0.3) is 10.0 Å². The number of likely N-dealkylation sites (N-methyl/N-ethyl adjacent to an activating group) is 1. The number of carbonyl (C=O) groups is 2. The van der Waals surface area contributed by atoms with Crippen LogP contribution in [-0.2, 0) is 26.2 Å². The van der Waals surface area contributed by atoms with E-state index in [0.29, 0.717) is 11.4 Å². The lowest BCUT2D eigenvalue weighted by Gasteiger charge is -2.31. The fraction of sp³-hybridized carbons (Fsp3) is 0.231. The van der Waals surface area contributed by atoms with Crippen LogP contribution >= 0.6 is 15.9 Å². The number of hydrogen-bond donors (Lipinski definition) is 1. The molecule has 0 heterocycles. The summed E-state index contributed by atoms with van der Waals surface area (Å²) in [7, 11) is -1.13. The number of sulfonamides is 1.